The fourth-order valence-electron chi connectivity index (χ4n) is 2.44. The Morgan fingerprint density at radius 3 is 2.42 bits per heavy atom. The van der Waals surface area contributed by atoms with Crippen molar-refractivity contribution in [2.24, 2.45) is 0 Å². The molecule has 0 saturated carbocycles. The Morgan fingerprint density at radius 1 is 1.12 bits per heavy atom. The normalized spacial score (nSPS) is 11.7. The summed E-state index contributed by atoms with van der Waals surface area (Å²) in [6.45, 7) is 2.09. The number of benzene rings is 2. The Labute approximate surface area is 167 Å². The summed E-state index contributed by atoms with van der Waals surface area (Å²) in [5.74, 6) is 0.312. The Hall–Kier alpha value is -1.79. The minimum Gasteiger partial charge on any atom is -0.340 e. The number of carbonyl (C=O) groups excluding carboxylic acids is 2. The summed E-state index contributed by atoms with van der Waals surface area (Å²) in [5, 5.41) is 5.76. The number of aryl methyl sites for hydroxylation is 1. The summed E-state index contributed by atoms with van der Waals surface area (Å²) < 4.78 is 0.705. The first-order valence-electron chi connectivity index (χ1n) is 8.49. The van der Waals surface area contributed by atoms with E-state index in [0.717, 1.165) is 17.9 Å². The molecular weight excluding hydrogens is 412 g/mol. The Balaban J connectivity index is 2.08. The quantitative estimate of drug-likeness (QED) is 0.642. The van der Waals surface area contributed by atoms with Crippen LogP contribution < -0.4 is 10.6 Å². The molecule has 2 amide bonds. The van der Waals surface area contributed by atoms with E-state index in [9.17, 15) is 9.59 Å². The summed E-state index contributed by atoms with van der Waals surface area (Å²) in [5.41, 5.74) is 2.46. The van der Waals surface area contributed by atoms with E-state index in [2.05, 4.69) is 33.5 Å². The zero-order chi connectivity index (χ0) is 18.9. The highest BCUT2D eigenvalue weighted by Crippen LogP contribution is 2.17. The number of amides is 2. The van der Waals surface area contributed by atoms with Crippen molar-refractivity contribution in [2.75, 3.05) is 17.3 Å². The second-order valence-electron chi connectivity index (χ2n) is 5.83. The van der Waals surface area contributed by atoms with Gasteiger partial charge in [-0.1, -0.05) is 31.2 Å². The van der Waals surface area contributed by atoms with Crippen LogP contribution in [0.2, 0.25) is 0 Å². The van der Waals surface area contributed by atoms with Gasteiger partial charge in [-0.05, 0) is 70.6 Å². The van der Waals surface area contributed by atoms with Crippen LogP contribution in [0.1, 0.15) is 29.3 Å². The maximum absolute atomic E-state index is 12.7. The zero-order valence-electron chi connectivity index (χ0n) is 14.9. The number of halogens is 1. The second-order valence-corrected chi connectivity index (χ2v) is 7.67. The molecule has 0 spiro atoms. The van der Waals surface area contributed by atoms with Crippen LogP contribution in [0.5, 0.6) is 0 Å². The average Bonchev–Trinajstić information content (AvgIpc) is 2.65. The molecule has 0 saturated heterocycles. The Kier molecular flexibility index (Phi) is 8.19. The van der Waals surface area contributed by atoms with Gasteiger partial charge in [0.25, 0.3) is 5.91 Å². The summed E-state index contributed by atoms with van der Waals surface area (Å²) in [4.78, 5) is 25.2. The third-order valence-corrected chi connectivity index (χ3v) is 5.32. The van der Waals surface area contributed by atoms with E-state index >= 15 is 0 Å². The lowest BCUT2D eigenvalue weighted by molar-refractivity contribution is -0.118. The largest absolute Gasteiger partial charge is 0.340 e. The van der Waals surface area contributed by atoms with Crippen molar-refractivity contribution in [2.45, 2.75) is 25.8 Å². The first kappa shape index (κ1) is 20.5. The van der Waals surface area contributed by atoms with E-state index in [1.54, 1.807) is 30.0 Å². The molecule has 0 aliphatic heterocycles. The first-order chi connectivity index (χ1) is 12.5. The van der Waals surface area contributed by atoms with Crippen LogP contribution in [-0.2, 0) is 11.2 Å². The average molecular weight is 435 g/mol. The predicted octanol–water partition coefficient (Wildman–Crippen LogP) is 4.50. The summed E-state index contributed by atoms with van der Waals surface area (Å²) >= 11 is 5.02. The van der Waals surface area contributed by atoms with Gasteiger partial charge in [-0.2, -0.15) is 11.8 Å². The number of thioether (sulfide) groups is 1. The van der Waals surface area contributed by atoms with Gasteiger partial charge in [-0.15, -0.1) is 0 Å². The molecule has 2 aromatic carbocycles. The molecule has 0 aliphatic carbocycles. The van der Waals surface area contributed by atoms with Crippen molar-refractivity contribution < 1.29 is 9.59 Å². The topological polar surface area (TPSA) is 58.2 Å². The van der Waals surface area contributed by atoms with Crippen LogP contribution in [0.3, 0.4) is 0 Å². The number of hydrogen-bond acceptors (Lipinski definition) is 3. The van der Waals surface area contributed by atoms with Crippen molar-refractivity contribution >= 4 is 45.2 Å². The molecule has 138 valence electrons. The van der Waals surface area contributed by atoms with Crippen LogP contribution in [0.25, 0.3) is 0 Å². The van der Waals surface area contributed by atoms with E-state index in [-0.39, 0.29) is 11.8 Å². The Bertz CT molecular complexity index is 750. The SMILES string of the molecule is CCc1ccc(NC(=O)C(CCSC)NC(=O)c2ccccc2Br)cc1. The first-order valence-corrected chi connectivity index (χ1v) is 10.7. The number of carbonyl (C=O) groups is 2. The number of nitrogens with one attached hydrogen (secondary N) is 2. The van der Waals surface area contributed by atoms with Crippen molar-refractivity contribution in [1.29, 1.82) is 0 Å². The highest BCUT2D eigenvalue weighted by atomic mass is 79.9. The third-order valence-electron chi connectivity index (χ3n) is 3.98. The molecule has 2 aromatic rings. The molecule has 0 aromatic heterocycles. The lowest BCUT2D eigenvalue weighted by Gasteiger charge is -2.19. The van der Waals surface area contributed by atoms with Gasteiger partial charge in [0.2, 0.25) is 5.91 Å². The number of hydrogen-bond donors (Lipinski definition) is 2. The van der Waals surface area contributed by atoms with Gasteiger partial charge in [-0.25, -0.2) is 0 Å². The highest BCUT2D eigenvalue weighted by molar-refractivity contribution is 9.10. The molecule has 1 unspecified atom stereocenters. The van der Waals surface area contributed by atoms with Gasteiger partial charge >= 0.3 is 0 Å². The van der Waals surface area contributed by atoms with Gasteiger partial charge < -0.3 is 10.6 Å². The standard InChI is InChI=1S/C20H23BrN2O2S/c1-3-14-8-10-15(11-9-14)22-20(25)18(12-13-26-2)23-19(24)16-6-4-5-7-17(16)21/h4-11,18H,3,12-13H2,1-2H3,(H,22,25)(H,23,24). The van der Waals surface area contributed by atoms with Crippen molar-refractivity contribution in [3.8, 4) is 0 Å². The second kappa shape index (κ2) is 10.4. The number of anilines is 1. The molecule has 0 heterocycles. The summed E-state index contributed by atoms with van der Waals surface area (Å²) in [6, 6.07) is 14.3. The maximum Gasteiger partial charge on any atom is 0.253 e. The van der Waals surface area contributed by atoms with Crippen molar-refractivity contribution in [3.05, 3.63) is 64.1 Å². The molecule has 0 fully saturated rings. The Morgan fingerprint density at radius 2 is 1.81 bits per heavy atom. The van der Waals surface area contributed by atoms with E-state index in [0.29, 0.717) is 16.5 Å². The van der Waals surface area contributed by atoms with Gasteiger partial charge in [0, 0.05) is 10.2 Å². The molecule has 4 nitrogen and oxygen atoms in total. The van der Waals surface area contributed by atoms with Gasteiger partial charge in [0.1, 0.15) is 6.04 Å². The van der Waals surface area contributed by atoms with Crippen LogP contribution in [0, 0.1) is 0 Å². The van der Waals surface area contributed by atoms with Gasteiger partial charge in [0.05, 0.1) is 5.56 Å². The molecule has 1 atom stereocenters. The molecule has 6 heteroatoms. The molecule has 26 heavy (non-hydrogen) atoms. The van der Waals surface area contributed by atoms with Crippen molar-refractivity contribution in [3.63, 3.8) is 0 Å². The fourth-order valence-corrected chi connectivity index (χ4v) is 3.38. The summed E-state index contributed by atoms with van der Waals surface area (Å²) in [7, 11) is 0. The molecule has 0 bridgehead atoms. The maximum atomic E-state index is 12.7. The summed E-state index contributed by atoms with van der Waals surface area (Å²) in [6.07, 6.45) is 3.50. The van der Waals surface area contributed by atoms with Gasteiger partial charge in [0.15, 0.2) is 0 Å². The van der Waals surface area contributed by atoms with Crippen LogP contribution in [0.4, 0.5) is 5.69 Å². The van der Waals surface area contributed by atoms with Crippen LogP contribution >= 0.6 is 27.7 Å². The van der Waals surface area contributed by atoms with E-state index in [1.165, 1.54) is 5.56 Å². The van der Waals surface area contributed by atoms with Crippen molar-refractivity contribution in [1.82, 2.24) is 5.32 Å². The number of rotatable bonds is 8. The monoisotopic (exact) mass is 434 g/mol. The van der Waals surface area contributed by atoms with Crippen LogP contribution in [-0.4, -0.2) is 29.9 Å². The zero-order valence-corrected chi connectivity index (χ0v) is 17.3. The molecule has 2 rings (SSSR count). The van der Waals surface area contributed by atoms with E-state index < -0.39 is 6.04 Å². The lowest BCUT2D eigenvalue weighted by Crippen LogP contribution is -2.44. The lowest BCUT2D eigenvalue weighted by atomic mass is 10.1. The van der Waals surface area contributed by atoms with E-state index in [4.69, 9.17) is 0 Å². The highest BCUT2D eigenvalue weighted by Gasteiger charge is 2.22. The van der Waals surface area contributed by atoms with E-state index in [1.807, 2.05) is 36.6 Å². The van der Waals surface area contributed by atoms with Gasteiger partial charge in [-0.3, -0.25) is 9.59 Å². The van der Waals surface area contributed by atoms with Crippen LogP contribution in [0.15, 0.2) is 53.0 Å². The molecule has 2 N–H and O–H groups in total. The smallest absolute Gasteiger partial charge is 0.253 e. The molecule has 0 aliphatic rings. The predicted molar refractivity (Wildman–Crippen MR) is 113 cm³/mol. The molecule has 0 radical (unpaired) electrons. The minimum atomic E-state index is -0.590. The minimum absolute atomic E-state index is 0.205. The third kappa shape index (κ3) is 5.88. The molecular formula is C20H23BrN2O2S. The fraction of sp³-hybridized carbons (Fsp3) is 0.300.